The molecule has 0 saturated heterocycles. The number of rotatable bonds is 2. The lowest BCUT2D eigenvalue weighted by molar-refractivity contribution is 0.102. The van der Waals surface area contributed by atoms with E-state index in [1.54, 1.807) is 19.2 Å². The van der Waals surface area contributed by atoms with E-state index >= 15 is 0 Å². The van der Waals surface area contributed by atoms with Gasteiger partial charge in [-0.15, -0.1) is 0 Å². The van der Waals surface area contributed by atoms with E-state index in [0.717, 1.165) is 21.3 Å². The van der Waals surface area contributed by atoms with Gasteiger partial charge >= 0.3 is 0 Å². The Morgan fingerprint density at radius 1 is 1.20 bits per heavy atom. The normalized spacial score (nSPS) is 10.4. The quantitative estimate of drug-likeness (QED) is 0.882. The third-order valence-corrected chi connectivity index (χ3v) is 4.30. The van der Waals surface area contributed by atoms with Crippen molar-refractivity contribution in [3.8, 4) is 0 Å². The highest BCUT2D eigenvalue weighted by Gasteiger charge is 2.12. The Bertz CT molecular complexity index is 660. The summed E-state index contributed by atoms with van der Waals surface area (Å²) in [7, 11) is 0. The molecule has 1 heterocycles. The lowest BCUT2D eigenvalue weighted by atomic mass is 10.1. The molecule has 5 heteroatoms. The molecule has 0 aliphatic rings. The van der Waals surface area contributed by atoms with Crippen LogP contribution in [0.4, 0.5) is 11.4 Å². The number of hydrogen-bond donors (Lipinski definition) is 2. The smallest absolute Gasteiger partial charge is 0.257 e. The number of pyridine rings is 1. The predicted octanol–water partition coefficient (Wildman–Crippen LogP) is 3.60. The fourth-order valence-electron chi connectivity index (χ4n) is 2.00. The van der Waals surface area contributed by atoms with Crippen molar-refractivity contribution in [2.24, 2.45) is 0 Å². The average molecular weight is 334 g/mol. The van der Waals surface area contributed by atoms with Gasteiger partial charge < -0.3 is 11.1 Å². The number of nitrogens with one attached hydrogen (secondary N) is 1. The second-order valence-corrected chi connectivity index (χ2v) is 5.57. The summed E-state index contributed by atoms with van der Waals surface area (Å²) in [5.41, 5.74) is 10.2. The Morgan fingerprint density at radius 3 is 2.40 bits per heavy atom. The van der Waals surface area contributed by atoms with Gasteiger partial charge in [-0.2, -0.15) is 0 Å². The Morgan fingerprint density at radius 2 is 1.80 bits per heavy atom. The van der Waals surface area contributed by atoms with Crippen molar-refractivity contribution in [3.63, 3.8) is 0 Å². The molecule has 0 atom stereocenters. The second-order valence-electron chi connectivity index (χ2n) is 4.78. The molecule has 104 valence electrons. The summed E-state index contributed by atoms with van der Waals surface area (Å²) in [6.45, 7) is 5.76. The van der Waals surface area contributed by atoms with Gasteiger partial charge in [0.1, 0.15) is 0 Å². The molecule has 1 aromatic heterocycles. The van der Waals surface area contributed by atoms with Gasteiger partial charge in [0.2, 0.25) is 0 Å². The Hall–Kier alpha value is -1.88. The zero-order chi connectivity index (χ0) is 14.9. The van der Waals surface area contributed by atoms with Crippen LogP contribution in [0.2, 0.25) is 0 Å². The van der Waals surface area contributed by atoms with E-state index in [1.807, 2.05) is 26.0 Å². The topological polar surface area (TPSA) is 68.0 Å². The van der Waals surface area contributed by atoms with E-state index in [0.29, 0.717) is 16.9 Å². The van der Waals surface area contributed by atoms with Crippen LogP contribution in [0.15, 0.2) is 28.9 Å². The highest BCUT2D eigenvalue weighted by molar-refractivity contribution is 9.10. The third kappa shape index (κ3) is 2.99. The van der Waals surface area contributed by atoms with Crippen molar-refractivity contribution in [2.75, 3.05) is 11.1 Å². The molecule has 0 spiro atoms. The zero-order valence-corrected chi connectivity index (χ0v) is 13.2. The van der Waals surface area contributed by atoms with E-state index in [4.69, 9.17) is 5.73 Å². The Balaban J connectivity index is 2.30. The van der Waals surface area contributed by atoms with Gasteiger partial charge in [-0.1, -0.05) is 15.9 Å². The maximum atomic E-state index is 12.3. The Labute approximate surface area is 126 Å². The average Bonchev–Trinajstić information content (AvgIpc) is 2.38. The molecule has 2 rings (SSSR count). The molecule has 0 aliphatic heterocycles. The van der Waals surface area contributed by atoms with Crippen LogP contribution in [0.1, 0.15) is 27.2 Å². The van der Waals surface area contributed by atoms with E-state index in [1.165, 1.54) is 0 Å². The largest absolute Gasteiger partial charge is 0.397 e. The maximum Gasteiger partial charge on any atom is 0.257 e. The molecule has 0 fully saturated rings. The van der Waals surface area contributed by atoms with Gasteiger partial charge in [-0.25, -0.2) is 0 Å². The molecule has 4 nitrogen and oxygen atoms in total. The number of aromatic nitrogens is 1. The second kappa shape index (κ2) is 5.63. The van der Waals surface area contributed by atoms with Crippen LogP contribution in [-0.4, -0.2) is 10.9 Å². The van der Waals surface area contributed by atoms with Crippen molar-refractivity contribution < 1.29 is 4.79 Å². The highest BCUT2D eigenvalue weighted by atomic mass is 79.9. The molecule has 2 aromatic rings. The maximum absolute atomic E-state index is 12.3. The number of hydrogen-bond acceptors (Lipinski definition) is 3. The lowest BCUT2D eigenvalue weighted by Crippen LogP contribution is -2.15. The molecular weight excluding hydrogens is 318 g/mol. The van der Waals surface area contributed by atoms with Gasteiger partial charge in [-0.3, -0.25) is 9.78 Å². The van der Waals surface area contributed by atoms with Gasteiger partial charge in [0.25, 0.3) is 5.91 Å². The first-order valence-electron chi connectivity index (χ1n) is 6.18. The molecule has 0 aliphatic carbocycles. The minimum absolute atomic E-state index is 0.205. The number of anilines is 2. The van der Waals surface area contributed by atoms with Gasteiger partial charge in [0, 0.05) is 10.2 Å². The number of nitrogens with two attached hydrogens (primary N) is 1. The van der Waals surface area contributed by atoms with Crippen molar-refractivity contribution in [1.29, 1.82) is 0 Å². The molecule has 0 saturated carbocycles. The van der Waals surface area contributed by atoms with Crippen molar-refractivity contribution in [2.45, 2.75) is 20.8 Å². The fourth-order valence-corrected chi connectivity index (χ4v) is 2.22. The van der Waals surface area contributed by atoms with Crippen LogP contribution < -0.4 is 11.1 Å². The summed E-state index contributed by atoms with van der Waals surface area (Å²) in [5.74, 6) is -0.205. The highest BCUT2D eigenvalue weighted by Crippen LogP contribution is 2.25. The van der Waals surface area contributed by atoms with Crippen LogP contribution in [0, 0.1) is 20.8 Å². The molecule has 1 aromatic carbocycles. The first-order valence-corrected chi connectivity index (χ1v) is 6.98. The minimum atomic E-state index is -0.205. The minimum Gasteiger partial charge on any atom is -0.397 e. The summed E-state index contributed by atoms with van der Waals surface area (Å²) in [4.78, 5) is 16.4. The number of nitrogen functional groups attached to an aromatic ring is 1. The summed E-state index contributed by atoms with van der Waals surface area (Å²) >= 11 is 3.51. The summed E-state index contributed by atoms with van der Waals surface area (Å²) in [6.07, 6.45) is 1.54. The number of halogens is 1. The van der Waals surface area contributed by atoms with Gasteiger partial charge in [0.15, 0.2) is 0 Å². The van der Waals surface area contributed by atoms with Crippen molar-refractivity contribution in [3.05, 3.63) is 51.3 Å². The van der Waals surface area contributed by atoms with Crippen LogP contribution >= 0.6 is 15.9 Å². The molecule has 1 amide bonds. The molecule has 0 unspecified atom stereocenters. The lowest BCUT2D eigenvalue weighted by Gasteiger charge is -2.11. The van der Waals surface area contributed by atoms with Crippen molar-refractivity contribution >= 4 is 33.2 Å². The molecule has 3 N–H and O–H groups in total. The number of aryl methyl sites for hydroxylation is 3. The molecular formula is C15H16BrN3O. The molecule has 0 bridgehead atoms. The number of benzene rings is 1. The number of amides is 1. The van der Waals surface area contributed by atoms with Crippen LogP contribution in [0.3, 0.4) is 0 Å². The van der Waals surface area contributed by atoms with E-state index in [-0.39, 0.29) is 5.91 Å². The molecule has 0 radical (unpaired) electrons. The zero-order valence-electron chi connectivity index (χ0n) is 11.6. The van der Waals surface area contributed by atoms with Crippen LogP contribution in [-0.2, 0) is 0 Å². The summed E-state index contributed by atoms with van der Waals surface area (Å²) < 4.78 is 1.05. The number of carbonyl (C=O) groups excluding carboxylic acids is 1. The van der Waals surface area contributed by atoms with Gasteiger partial charge in [-0.05, 0) is 50.1 Å². The predicted molar refractivity (Wildman–Crippen MR) is 85.0 cm³/mol. The standard InChI is InChI=1S/C15H16BrN3O/c1-8-4-12(5-9(2)14(8)16)19-15(20)13-6-11(17)7-18-10(13)3/h4-7H,17H2,1-3H3,(H,19,20). The third-order valence-electron chi connectivity index (χ3n) is 3.05. The van der Waals surface area contributed by atoms with E-state index < -0.39 is 0 Å². The van der Waals surface area contributed by atoms with Crippen LogP contribution in [0.25, 0.3) is 0 Å². The number of carbonyl (C=O) groups is 1. The van der Waals surface area contributed by atoms with Crippen LogP contribution in [0.5, 0.6) is 0 Å². The Kier molecular flexibility index (Phi) is 4.09. The van der Waals surface area contributed by atoms with E-state index in [2.05, 4.69) is 26.2 Å². The monoisotopic (exact) mass is 333 g/mol. The van der Waals surface area contributed by atoms with Gasteiger partial charge in [0.05, 0.1) is 23.1 Å². The fraction of sp³-hybridized carbons (Fsp3) is 0.200. The first-order chi connectivity index (χ1) is 9.38. The van der Waals surface area contributed by atoms with E-state index in [9.17, 15) is 4.79 Å². The summed E-state index contributed by atoms with van der Waals surface area (Å²) in [5, 5.41) is 2.88. The SMILES string of the molecule is Cc1cc(NC(=O)c2cc(N)cnc2C)cc(C)c1Br. The summed E-state index contributed by atoms with van der Waals surface area (Å²) in [6, 6.07) is 5.48. The van der Waals surface area contributed by atoms with Crippen molar-refractivity contribution in [1.82, 2.24) is 4.98 Å². The first kappa shape index (κ1) is 14.5. The number of nitrogens with zero attached hydrogens (tertiary/aromatic N) is 1. The molecule has 20 heavy (non-hydrogen) atoms.